The number of nitrogens with zero attached hydrogens (tertiary/aromatic N) is 1. The average Bonchev–Trinajstić information content (AvgIpc) is 2.64. The van der Waals surface area contributed by atoms with Crippen molar-refractivity contribution in [1.29, 1.82) is 5.26 Å². The van der Waals surface area contributed by atoms with Crippen LogP contribution in [0.2, 0.25) is 0 Å². The van der Waals surface area contributed by atoms with Gasteiger partial charge in [0.25, 0.3) is 0 Å². The Hall–Kier alpha value is -2.65. The lowest BCUT2D eigenvalue weighted by molar-refractivity contribution is 0.324. The first-order chi connectivity index (χ1) is 12.1. The van der Waals surface area contributed by atoms with Gasteiger partial charge in [-0.05, 0) is 57.4 Å². The van der Waals surface area contributed by atoms with Crippen LogP contribution in [0.15, 0.2) is 34.8 Å². The molecule has 25 heavy (non-hydrogen) atoms. The maximum absolute atomic E-state index is 9.60. The Labute approximate surface area is 155 Å². The number of hydrogen-bond donors (Lipinski definition) is 0. The first-order valence-electron chi connectivity index (χ1n) is 7.33. The van der Waals surface area contributed by atoms with Crippen molar-refractivity contribution in [3.8, 4) is 29.1 Å². The molecule has 0 unspecified atom stereocenters. The van der Waals surface area contributed by atoms with Gasteiger partial charge in [0.2, 0.25) is 5.75 Å². The fourth-order valence-electron chi connectivity index (χ4n) is 2.36. The van der Waals surface area contributed by atoms with E-state index in [4.69, 9.17) is 18.9 Å². The van der Waals surface area contributed by atoms with Gasteiger partial charge in [0, 0.05) is 0 Å². The first-order valence-corrected chi connectivity index (χ1v) is 8.13. The molecule has 0 atom stereocenters. The number of methoxy groups -OCH3 is 4. The maximum atomic E-state index is 9.60. The zero-order valence-electron chi connectivity index (χ0n) is 14.4. The lowest BCUT2D eigenvalue weighted by atomic mass is 10.0. The molecule has 0 N–H and O–H groups in total. The average molecular weight is 404 g/mol. The normalized spacial score (nSPS) is 10.8. The molecule has 0 heterocycles. The largest absolute Gasteiger partial charge is 0.496 e. The molecule has 6 heteroatoms. The van der Waals surface area contributed by atoms with Crippen molar-refractivity contribution in [3.63, 3.8) is 0 Å². The Morgan fingerprint density at radius 2 is 1.52 bits per heavy atom. The van der Waals surface area contributed by atoms with E-state index in [0.717, 1.165) is 15.8 Å². The predicted octanol–water partition coefficient (Wildman–Crippen LogP) is 4.55. The Kier molecular flexibility index (Phi) is 6.31. The minimum absolute atomic E-state index is 0.469. The molecule has 5 nitrogen and oxygen atoms in total. The van der Waals surface area contributed by atoms with Gasteiger partial charge < -0.3 is 18.9 Å². The van der Waals surface area contributed by atoms with Crippen LogP contribution in [0.5, 0.6) is 23.0 Å². The van der Waals surface area contributed by atoms with E-state index in [-0.39, 0.29) is 0 Å². The molecule has 0 aliphatic heterocycles. The molecule has 130 valence electrons. The summed E-state index contributed by atoms with van der Waals surface area (Å²) in [6.07, 6.45) is 1.78. The van der Waals surface area contributed by atoms with Crippen LogP contribution in [0.4, 0.5) is 0 Å². The van der Waals surface area contributed by atoms with Crippen molar-refractivity contribution >= 4 is 27.6 Å². The van der Waals surface area contributed by atoms with Gasteiger partial charge >= 0.3 is 0 Å². The summed E-state index contributed by atoms with van der Waals surface area (Å²) in [7, 11) is 6.22. The van der Waals surface area contributed by atoms with Gasteiger partial charge in [-0.15, -0.1) is 0 Å². The zero-order valence-corrected chi connectivity index (χ0v) is 16.0. The molecular formula is C19H18BrNO4. The van der Waals surface area contributed by atoms with Crippen LogP contribution in [0, 0.1) is 11.3 Å². The number of allylic oxidation sites excluding steroid dienone is 1. The maximum Gasteiger partial charge on any atom is 0.203 e. The predicted molar refractivity (Wildman–Crippen MR) is 100 cm³/mol. The Balaban J connectivity index is 2.54. The van der Waals surface area contributed by atoms with Crippen LogP contribution in [0.3, 0.4) is 0 Å². The fourth-order valence-corrected chi connectivity index (χ4v) is 2.91. The molecule has 2 aromatic rings. The lowest BCUT2D eigenvalue weighted by Gasteiger charge is -2.14. The molecule has 2 aromatic carbocycles. The van der Waals surface area contributed by atoms with Crippen molar-refractivity contribution in [1.82, 2.24) is 0 Å². The third-order valence-corrected chi connectivity index (χ3v) is 4.20. The van der Waals surface area contributed by atoms with E-state index in [0.29, 0.717) is 28.4 Å². The summed E-state index contributed by atoms with van der Waals surface area (Å²) >= 11 is 3.45. The summed E-state index contributed by atoms with van der Waals surface area (Å²) in [5.41, 5.74) is 2.00. The summed E-state index contributed by atoms with van der Waals surface area (Å²) in [5.74, 6) is 2.20. The van der Waals surface area contributed by atoms with E-state index >= 15 is 0 Å². The summed E-state index contributed by atoms with van der Waals surface area (Å²) in [6.45, 7) is 0. The number of nitriles is 1. The highest BCUT2D eigenvalue weighted by molar-refractivity contribution is 9.10. The molecule has 0 bridgehead atoms. The van der Waals surface area contributed by atoms with Crippen LogP contribution in [-0.4, -0.2) is 28.4 Å². The smallest absolute Gasteiger partial charge is 0.203 e. The van der Waals surface area contributed by atoms with Crippen molar-refractivity contribution in [2.24, 2.45) is 0 Å². The molecule has 0 spiro atoms. The summed E-state index contributed by atoms with van der Waals surface area (Å²) in [5, 5.41) is 9.60. The highest BCUT2D eigenvalue weighted by atomic mass is 79.9. The lowest BCUT2D eigenvalue weighted by Crippen LogP contribution is -1.96. The SMILES string of the molecule is COc1ccc(/C=C(\C#N)c2cc(OC)c(OC)c(OC)c2)cc1Br. The molecule has 0 aromatic heterocycles. The van der Waals surface area contributed by atoms with Gasteiger partial charge in [0.05, 0.1) is 44.6 Å². The fraction of sp³-hybridized carbons (Fsp3) is 0.211. The summed E-state index contributed by atoms with van der Waals surface area (Å²) in [4.78, 5) is 0. The third kappa shape index (κ3) is 4.06. The second-order valence-electron chi connectivity index (χ2n) is 4.98. The van der Waals surface area contributed by atoms with Gasteiger partial charge in [-0.1, -0.05) is 6.07 Å². The monoisotopic (exact) mass is 403 g/mol. The molecule has 0 saturated heterocycles. The number of rotatable bonds is 6. The molecule has 0 aliphatic carbocycles. The highest BCUT2D eigenvalue weighted by Gasteiger charge is 2.15. The van der Waals surface area contributed by atoms with Crippen molar-refractivity contribution in [3.05, 3.63) is 45.9 Å². The Morgan fingerprint density at radius 1 is 0.920 bits per heavy atom. The van der Waals surface area contributed by atoms with E-state index in [1.54, 1.807) is 25.3 Å². The third-order valence-electron chi connectivity index (χ3n) is 3.58. The van der Waals surface area contributed by atoms with E-state index in [1.807, 2.05) is 18.2 Å². The van der Waals surface area contributed by atoms with Crippen LogP contribution in [0.1, 0.15) is 11.1 Å². The molecular weight excluding hydrogens is 386 g/mol. The summed E-state index contributed by atoms with van der Waals surface area (Å²) in [6, 6.07) is 11.3. The molecule has 0 radical (unpaired) electrons. The molecule has 0 aliphatic rings. The quantitative estimate of drug-likeness (QED) is 0.522. The number of benzene rings is 2. The minimum Gasteiger partial charge on any atom is -0.496 e. The van der Waals surface area contributed by atoms with Gasteiger partial charge in [0.1, 0.15) is 5.75 Å². The van der Waals surface area contributed by atoms with Gasteiger partial charge in [-0.25, -0.2) is 0 Å². The van der Waals surface area contributed by atoms with E-state index in [1.165, 1.54) is 21.3 Å². The topological polar surface area (TPSA) is 60.7 Å². The molecule has 0 saturated carbocycles. The minimum atomic E-state index is 0.469. The van der Waals surface area contributed by atoms with Crippen molar-refractivity contribution < 1.29 is 18.9 Å². The zero-order chi connectivity index (χ0) is 18.4. The first kappa shape index (κ1) is 18.7. The van der Waals surface area contributed by atoms with E-state index < -0.39 is 0 Å². The standard InChI is InChI=1S/C19H18BrNO4/c1-22-16-6-5-12(8-15(16)20)7-14(11-21)13-9-17(23-2)19(25-4)18(10-13)24-3/h5-10H,1-4H3/b14-7+. The van der Waals surface area contributed by atoms with Gasteiger partial charge in [0.15, 0.2) is 11.5 Å². The van der Waals surface area contributed by atoms with Crippen LogP contribution < -0.4 is 18.9 Å². The Morgan fingerprint density at radius 3 is 1.96 bits per heavy atom. The van der Waals surface area contributed by atoms with Gasteiger partial charge in [-0.3, -0.25) is 0 Å². The van der Waals surface area contributed by atoms with Gasteiger partial charge in [-0.2, -0.15) is 5.26 Å². The number of halogens is 1. The second-order valence-corrected chi connectivity index (χ2v) is 5.83. The van der Waals surface area contributed by atoms with E-state index in [9.17, 15) is 5.26 Å². The van der Waals surface area contributed by atoms with Crippen LogP contribution in [0.25, 0.3) is 11.6 Å². The summed E-state index contributed by atoms with van der Waals surface area (Å²) < 4.78 is 22.0. The molecule has 0 fully saturated rings. The van der Waals surface area contributed by atoms with Crippen LogP contribution >= 0.6 is 15.9 Å². The second kappa shape index (κ2) is 8.45. The number of ether oxygens (including phenoxy) is 4. The van der Waals surface area contributed by atoms with Crippen LogP contribution in [-0.2, 0) is 0 Å². The number of hydrogen-bond acceptors (Lipinski definition) is 5. The Bertz CT molecular complexity index is 815. The van der Waals surface area contributed by atoms with E-state index in [2.05, 4.69) is 22.0 Å². The van der Waals surface area contributed by atoms with Crippen molar-refractivity contribution in [2.45, 2.75) is 0 Å². The molecule has 0 amide bonds. The molecule has 2 rings (SSSR count). The highest BCUT2D eigenvalue weighted by Crippen LogP contribution is 2.40. The van der Waals surface area contributed by atoms with Crippen molar-refractivity contribution in [2.75, 3.05) is 28.4 Å².